The molecule has 0 N–H and O–H groups in total. The van der Waals surface area contributed by atoms with E-state index in [1.807, 2.05) is 0 Å². The summed E-state index contributed by atoms with van der Waals surface area (Å²) in [6.07, 6.45) is -3.74. The minimum absolute atomic E-state index is 0.184. The monoisotopic (exact) mass is 354 g/mol. The summed E-state index contributed by atoms with van der Waals surface area (Å²) < 4.78 is 37.3. The number of carbonyl (C=O) groups is 1. The highest BCUT2D eigenvalue weighted by atomic mass is 35.5. The van der Waals surface area contributed by atoms with E-state index in [1.54, 1.807) is 6.07 Å². The van der Waals surface area contributed by atoms with Crippen molar-refractivity contribution in [3.63, 3.8) is 0 Å². The van der Waals surface area contributed by atoms with Gasteiger partial charge in [0.05, 0.1) is 17.1 Å². The van der Waals surface area contributed by atoms with E-state index in [1.165, 1.54) is 21.9 Å². The average molecular weight is 355 g/mol. The second kappa shape index (κ2) is 7.06. The van der Waals surface area contributed by atoms with Gasteiger partial charge in [-0.05, 0) is 24.6 Å². The molecule has 1 aliphatic rings. The second-order valence-electron chi connectivity index (χ2n) is 5.16. The first-order valence-corrected chi connectivity index (χ1v) is 7.55. The van der Waals surface area contributed by atoms with Gasteiger partial charge in [0.15, 0.2) is 0 Å². The van der Waals surface area contributed by atoms with Crippen LogP contribution in [-0.2, 0) is 0 Å². The van der Waals surface area contributed by atoms with E-state index in [0.717, 1.165) is 0 Å². The summed E-state index contributed by atoms with van der Waals surface area (Å²) in [7, 11) is 0. The van der Waals surface area contributed by atoms with Gasteiger partial charge in [0.25, 0.3) is 5.91 Å². The van der Waals surface area contributed by atoms with Crippen LogP contribution in [0, 0.1) is 0 Å². The van der Waals surface area contributed by atoms with Crippen molar-refractivity contribution in [3.8, 4) is 0 Å². The first-order chi connectivity index (χ1) is 10.3. The fourth-order valence-electron chi connectivity index (χ4n) is 2.42. The summed E-state index contributed by atoms with van der Waals surface area (Å²) in [4.78, 5) is 15.3. The molecule has 1 heterocycles. The van der Waals surface area contributed by atoms with Crippen molar-refractivity contribution in [1.82, 2.24) is 9.80 Å². The Balaban J connectivity index is 2.04. The van der Waals surface area contributed by atoms with E-state index >= 15 is 0 Å². The van der Waals surface area contributed by atoms with Gasteiger partial charge in [-0.3, -0.25) is 9.69 Å². The van der Waals surface area contributed by atoms with Gasteiger partial charge in [-0.2, -0.15) is 13.2 Å². The summed E-state index contributed by atoms with van der Waals surface area (Å²) in [5.74, 6) is -0.304. The molecular formula is C14H15Cl2F3N2O. The third-order valence-corrected chi connectivity index (χ3v) is 4.00. The number of amides is 1. The van der Waals surface area contributed by atoms with Crippen LogP contribution in [-0.4, -0.2) is 54.6 Å². The largest absolute Gasteiger partial charge is 0.401 e. The maximum atomic E-state index is 12.5. The van der Waals surface area contributed by atoms with Crippen LogP contribution in [0.15, 0.2) is 18.2 Å². The molecule has 0 aromatic heterocycles. The quantitative estimate of drug-likeness (QED) is 0.808. The predicted molar refractivity (Wildman–Crippen MR) is 79.5 cm³/mol. The summed E-state index contributed by atoms with van der Waals surface area (Å²) in [6.45, 7) is 0.177. The molecule has 122 valence electrons. The molecule has 22 heavy (non-hydrogen) atoms. The summed E-state index contributed by atoms with van der Waals surface area (Å²) in [6, 6.07) is 4.59. The van der Waals surface area contributed by atoms with Crippen molar-refractivity contribution in [2.45, 2.75) is 12.6 Å². The zero-order valence-corrected chi connectivity index (χ0v) is 13.2. The Kier molecular flexibility index (Phi) is 5.58. The van der Waals surface area contributed by atoms with E-state index in [4.69, 9.17) is 23.2 Å². The normalized spacial score (nSPS) is 17.4. The number of nitrogens with zero attached hydrogens (tertiary/aromatic N) is 2. The third kappa shape index (κ3) is 4.76. The van der Waals surface area contributed by atoms with Crippen molar-refractivity contribution < 1.29 is 18.0 Å². The number of hydrogen-bond donors (Lipinski definition) is 0. The van der Waals surface area contributed by atoms with Crippen LogP contribution >= 0.6 is 23.2 Å². The predicted octanol–water partition coefficient (Wildman–Crippen LogP) is 3.70. The lowest BCUT2D eigenvalue weighted by atomic mass is 10.2. The smallest absolute Gasteiger partial charge is 0.337 e. The highest BCUT2D eigenvalue weighted by molar-refractivity contribution is 6.35. The summed E-state index contributed by atoms with van der Waals surface area (Å²) >= 11 is 11.9. The summed E-state index contributed by atoms with van der Waals surface area (Å²) in [5.41, 5.74) is 0.276. The van der Waals surface area contributed by atoms with Crippen LogP contribution in [0.3, 0.4) is 0 Å². The van der Waals surface area contributed by atoms with Gasteiger partial charge < -0.3 is 4.90 Å². The Labute approximate surface area is 136 Å². The Morgan fingerprint density at radius 3 is 2.55 bits per heavy atom. The van der Waals surface area contributed by atoms with Crippen molar-refractivity contribution in [2.75, 3.05) is 32.7 Å². The molecule has 0 saturated carbocycles. The molecule has 0 radical (unpaired) electrons. The highest BCUT2D eigenvalue weighted by Gasteiger charge is 2.32. The maximum absolute atomic E-state index is 12.5. The molecule has 0 spiro atoms. The Morgan fingerprint density at radius 1 is 1.14 bits per heavy atom. The van der Waals surface area contributed by atoms with E-state index in [0.29, 0.717) is 24.5 Å². The molecule has 1 aromatic rings. The first-order valence-electron chi connectivity index (χ1n) is 6.80. The summed E-state index contributed by atoms with van der Waals surface area (Å²) in [5, 5.41) is 0.673. The number of halogens is 5. The molecule has 1 amide bonds. The molecule has 1 aromatic carbocycles. The molecule has 0 aliphatic carbocycles. The van der Waals surface area contributed by atoms with E-state index in [9.17, 15) is 18.0 Å². The molecule has 1 aliphatic heterocycles. The topological polar surface area (TPSA) is 23.6 Å². The number of rotatable bonds is 2. The highest BCUT2D eigenvalue weighted by Crippen LogP contribution is 2.23. The number of benzene rings is 1. The standard InChI is InChI=1S/C14H15Cl2F3N2O/c15-10-2-3-12(16)11(8-10)13(22)21-5-1-4-20(6-7-21)9-14(17,18)19/h2-3,8H,1,4-7,9H2. The SMILES string of the molecule is O=C(c1cc(Cl)ccc1Cl)N1CCCN(CC(F)(F)F)CC1. The Hall–Kier alpha value is -0.980. The average Bonchev–Trinajstić information content (AvgIpc) is 2.64. The number of hydrogen-bond acceptors (Lipinski definition) is 2. The van der Waals surface area contributed by atoms with Gasteiger partial charge in [-0.15, -0.1) is 0 Å². The van der Waals surface area contributed by atoms with Crippen LogP contribution < -0.4 is 0 Å². The second-order valence-corrected chi connectivity index (χ2v) is 6.00. The molecule has 0 bridgehead atoms. The van der Waals surface area contributed by atoms with Crippen molar-refractivity contribution in [2.24, 2.45) is 0 Å². The van der Waals surface area contributed by atoms with Gasteiger partial charge in [0.1, 0.15) is 0 Å². The van der Waals surface area contributed by atoms with E-state index < -0.39 is 12.7 Å². The van der Waals surface area contributed by atoms with Gasteiger partial charge in [-0.1, -0.05) is 23.2 Å². The molecular weight excluding hydrogens is 340 g/mol. The maximum Gasteiger partial charge on any atom is 0.401 e. The molecule has 0 unspecified atom stereocenters. The third-order valence-electron chi connectivity index (χ3n) is 3.44. The van der Waals surface area contributed by atoms with Crippen molar-refractivity contribution in [1.29, 1.82) is 0 Å². The van der Waals surface area contributed by atoms with Crippen molar-refractivity contribution in [3.05, 3.63) is 33.8 Å². The molecule has 0 atom stereocenters. The van der Waals surface area contributed by atoms with Crippen LogP contribution in [0.5, 0.6) is 0 Å². The van der Waals surface area contributed by atoms with Gasteiger partial charge in [-0.25, -0.2) is 0 Å². The fraction of sp³-hybridized carbons (Fsp3) is 0.500. The minimum atomic E-state index is -4.23. The van der Waals surface area contributed by atoms with Crippen LogP contribution in [0.4, 0.5) is 13.2 Å². The van der Waals surface area contributed by atoms with Gasteiger partial charge in [0.2, 0.25) is 0 Å². The van der Waals surface area contributed by atoms with Crippen LogP contribution in [0.1, 0.15) is 16.8 Å². The molecule has 1 saturated heterocycles. The minimum Gasteiger partial charge on any atom is -0.337 e. The molecule has 1 fully saturated rings. The van der Waals surface area contributed by atoms with Crippen LogP contribution in [0.25, 0.3) is 0 Å². The molecule has 2 rings (SSSR count). The molecule has 8 heteroatoms. The van der Waals surface area contributed by atoms with E-state index in [2.05, 4.69) is 0 Å². The number of alkyl halides is 3. The van der Waals surface area contributed by atoms with Gasteiger partial charge in [0, 0.05) is 31.2 Å². The lowest BCUT2D eigenvalue weighted by Crippen LogP contribution is -2.38. The zero-order valence-electron chi connectivity index (χ0n) is 11.7. The molecule has 3 nitrogen and oxygen atoms in total. The first kappa shape index (κ1) is 17.4. The van der Waals surface area contributed by atoms with E-state index in [-0.39, 0.29) is 29.6 Å². The number of carbonyl (C=O) groups excluding carboxylic acids is 1. The lowest BCUT2D eigenvalue weighted by Gasteiger charge is -2.23. The Bertz CT molecular complexity index is 551. The van der Waals surface area contributed by atoms with Crippen LogP contribution in [0.2, 0.25) is 10.0 Å². The van der Waals surface area contributed by atoms with Gasteiger partial charge >= 0.3 is 6.18 Å². The fourth-order valence-corrected chi connectivity index (χ4v) is 2.79. The van der Waals surface area contributed by atoms with Crippen molar-refractivity contribution >= 4 is 29.1 Å². The Morgan fingerprint density at radius 2 is 1.86 bits per heavy atom. The zero-order chi connectivity index (χ0) is 16.3. The lowest BCUT2D eigenvalue weighted by molar-refractivity contribution is -0.145.